The van der Waals surface area contributed by atoms with Crippen LogP contribution in [0.15, 0.2) is 67.0 Å². The number of aromatic nitrogens is 3. The topological polar surface area (TPSA) is 92.4 Å². The summed E-state index contributed by atoms with van der Waals surface area (Å²) in [7, 11) is 1.62. The molecule has 8 nitrogen and oxygen atoms in total. The van der Waals surface area contributed by atoms with E-state index in [1.54, 1.807) is 19.4 Å². The average molecular weight is 458 g/mol. The molecule has 2 aromatic carbocycles. The van der Waals surface area contributed by atoms with Crippen molar-refractivity contribution in [3.8, 4) is 5.75 Å². The lowest BCUT2D eigenvalue weighted by atomic mass is 9.97. The van der Waals surface area contributed by atoms with E-state index in [1.807, 2.05) is 53.6 Å². The van der Waals surface area contributed by atoms with Gasteiger partial charge in [0.05, 0.1) is 37.6 Å². The van der Waals surface area contributed by atoms with Crippen LogP contribution in [0, 0.1) is 5.92 Å². The Morgan fingerprint density at radius 1 is 1.24 bits per heavy atom. The Bertz CT molecular complexity index is 1290. The maximum atomic E-state index is 13.6. The van der Waals surface area contributed by atoms with E-state index >= 15 is 0 Å². The number of fused-ring (bicyclic) bond motifs is 1. The fourth-order valence-electron chi connectivity index (χ4n) is 4.39. The molecule has 34 heavy (non-hydrogen) atoms. The summed E-state index contributed by atoms with van der Waals surface area (Å²) in [6.45, 7) is 2.27. The molecule has 2 N–H and O–H groups in total. The zero-order chi connectivity index (χ0) is 23.3. The van der Waals surface area contributed by atoms with Crippen molar-refractivity contribution < 1.29 is 14.3 Å². The van der Waals surface area contributed by atoms with Crippen LogP contribution in [-0.4, -0.2) is 59.4 Å². The molecule has 0 aliphatic carbocycles. The largest absolute Gasteiger partial charge is 0.497 e. The number of carbonyl (C=O) groups excluding carboxylic acids is 1. The fourth-order valence-corrected chi connectivity index (χ4v) is 4.39. The summed E-state index contributed by atoms with van der Waals surface area (Å²) < 4.78 is 11.2. The number of anilines is 2. The molecular formula is C26H27N5O3. The van der Waals surface area contributed by atoms with E-state index in [4.69, 9.17) is 9.47 Å². The lowest BCUT2D eigenvalue weighted by Gasteiger charge is -2.25. The van der Waals surface area contributed by atoms with Crippen molar-refractivity contribution in [1.29, 1.82) is 0 Å². The first-order valence-electron chi connectivity index (χ1n) is 11.4. The molecule has 1 saturated heterocycles. The van der Waals surface area contributed by atoms with Crippen LogP contribution in [0.3, 0.4) is 0 Å². The zero-order valence-corrected chi connectivity index (χ0v) is 19.0. The van der Waals surface area contributed by atoms with Gasteiger partial charge in [0, 0.05) is 42.3 Å². The summed E-state index contributed by atoms with van der Waals surface area (Å²) in [6.07, 6.45) is 4.35. The standard InChI is InChI=1S/C26H27N5O3/c1-33-21-7-3-6-20(14-21)29-25-22(8-4-10-27-25)26(32)31-11-12-34-17-18(16-31)13-19-5-2-9-24-23(19)15-28-30-24/h2-10,14-15,18H,11-13,16-17H2,1H3,(H,27,29)(H,28,30). The third kappa shape index (κ3) is 4.72. The lowest BCUT2D eigenvalue weighted by Crippen LogP contribution is -2.36. The van der Waals surface area contributed by atoms with Crippen LogP contribution in [0.2, 0.25) is 0 Å². The number of hydrogen-bond acceptors (Lipinski definition) is 6. The number of aromatic amines is 1. The Labute approximate surface area is 197 Å². The molecule has 1 aliphatic heterocycles. The quantitative estimate of drug-likeness (QED) is 0.454. The first kappa shape index (κ1) is 21.9. The minimum Gasteiger partial charge on any atom is -0.497 e. The summed E-state index contributed by atoms with van der Waals surface area (Å²) in [4.78, 5) is 19.9. The highest BCUT2D eigenvalue weighted by Gasteiger charge is 2.26. The second-order valence-corrected chi connectivity index (χ2v) is 8.40. The first-order valence-corrected chi connectivity index (χ1v) is 11.4. The molecule has 0 spiro atoms. The van der Waals surface area contributed by atoms with E-state index in [9.17, 15) is 4.79 Å². The number of rotatable bonds is 6. The number of hydrogen-bond donors (Lipinski definition) is 2. The van der Waals surface area contributed by atoms with Crippen molar-refractivity contribution in [3.05, 3.63) is 78.1 Å². The van der Waals surface area contributed by atoms with Gasteiger partial charge < -0.3 is 19.7 Å². The molecule has 1 amide bonds. The minimum atomic E-state index is -0.0597. The summed E-state index contributed by atoms with van der Waals surface area (Å²) in [5, 5.41) is 11.6. The van der Waals surface area contributed by atoms with Gasteiger partial charge >= 0.3 is 0 Å². The smallest absolute Gasteiger partial charge is 0.257 e. The van der Waals surface area contributed by atoms with E-state index in [0.29, 0.717) is 37.7 Å². The third-order valence-corrected chi connectivity index (χ3v) is 6.08. The molecule has 4 aromatic rings. The maximum Gasteiger partial charge on any atom is 0.257 e. The van der Waals surface area contributed by atoms with Gasteiger partial charge in [0.25, 0.3) is 5.91 Å². The summed E-state index contributed by atoms with van der Waals surface area (Å²) in [5.74, 6) is 1.37. The summed E-state index contributed by atoms with van der Waals surface area (Å²) >= 11 is 0. The summed E-state index contributed by atoms with van der Waals surface area (Å²) in [5.41, 5.74) is 3.56. The van der Waals surface area contributed by atoms with E-state index in [0.717, 1.165) is 28.8 Å². The average Bonchev–Trinajstić information content (AvgIpc) is 3.24. The number of amides is 1. The Kier molecular flexibility index (Phi) is 6.40. The van der Waals surface area contributed by atoms with E-state index < -0.39 is 0 Å². The van der Waals surface area contributed by atoms with Crippen LogP contribution >= 0.6 is 0 Å². The normalized spacial score (nSPS) is 16.3. The van der Waals surface area contributed by atoms with Gasteiger partial charge in [-0.05, 0) is 42.3 Å². The zero-order valence-electron chi connectivity index (χ0n) is 19.0. The van der Waals surface area contributed by atoms with Gasteiger partial charge in [-0.1, -0.05) is 18.2 Å². The molecule has 5 rings (SSSR count). The second kappa shape index (κ2) is 9.93. The Morgan fingerprint density at radius 2 is 2.15 bits per heavy atom. The lowest BCUT2D eigenvalue weighted by molar-refractivity contribution is 0.0738. The van der Waals surface area contributed by atoms with Crippen LogP contribution in [0.25, 0.3) is 10.9 Å². The molecule has 2 aromatic heterocycles. The Balaban J connectivity index is 1.35. The van der Waals surface area contributed by atoms with Gasteiger partial charge in [-0.2, -0.15) is 5.10 Å². The number of ether oxygens (including phenoxy) is 2. The highest BCUT2D eigenvalue weighted by atomic mass is 16.5. The predicted molar refractivity (Wildman–Crippen MR) is 131 cm³/mol. The molecule has 3 heterocycles. The monoisotopic (exact) mass is 457 g/mol. The molecular weight excluding hydrogens is 430 g/mol. The highest BCUT2D eigenvalue weighted by Crippen LogP contribution is 2.25. The number of benzene rings is 2. The molecule has 1 unspecified atom stereocenters. The number of nitrogens with one attached hydrogen (secondary N) is 2. The van der Waals surface area contributed by atoms with Crippen molar-refractivity contribution in [2.24, 2.45) is 5.92 Å². The van der Waals surface area contributed by atoms with Gasteiger partial charge in [-0.3, -0.25) is 9.89 Å². The van der Waals surface area contributed by atoms with Crippen molar-refractivity contribution in [3.63, 3.8) is 0 Å². The maximum absolute atomic E-state index is 13.6. The van der Waals surface area contributed by atoms with E-state index in [-0.39, 0.29) is 11.8 Å². The summed E-state index contributed by atoms with van der Waals surface area (Å²) in [6, 6.07) is 17.3. The Hall–Kier alpha value is -3.91. The molecule has 1 atom stereocenters. The number of nitrogens with zero attached hydrogens (tertiary/aromatic N) is 3. The van der Waals surface area contributed by atoms with Gasteiger partial charge in [-0.25, -0.2) is 4.98 Å². The second-order valence-electron chi connectivity index (χ2n) is 8.40. The molecule has 0 bridgehead atoms. The van der Waals surface area contributed by atoms with Crippen LogP contribution < -0.4 is 10.1 Å². The number of pyridine rings is 1. The number of H-pyrrole nitrogens is 1. The van der Waals surface area contributed by atoms with Gasteiger partial charge in [0.1, 0.15) is 11.6 Å². The molecule has 174 valence electrons. The molecule has 0 radical (unpaired) electrons. The Morgan fingerprint density at radius 3 is 3.06 bits per heavy atom. The fraction of sp³-hybridized carbons (Fsp3) is 0.269. The van der Waals surface area contributed by atoms with Crippen molar-refractivity contribution in [1.82, 2.24) is 20.1 Å². The SMILES string of the molecule is COc1cccc(Nc2ncccc2C(=O)N2CCOCC(Cc3cccc4[nH]ncc34)C2)c1. The van der Waals surface area contributed by atoms with Gasteiger partial charge in [0.15, 0.2) is 0 Å². The number of carbonyl (C=O) groups is 1. The van der Waals surface area contributed by atoms with Crippen molar-refractivity contribution >= 4 is 28.3 Å². The van der Waals surface area contributed by atoms with Gasteiger partial charge in [-0.15, -0.1) is 0 Å². The number of methoxy groups -OCH3 is 1. The minimum absolute atomic E-state index is 0.0597. The highest BCUT2D eigenvalue weighted by molar-refractivity contribution is 5.99. The van der Waals surface area contributed by atoms with Crippen LogP contribution in [0.4, 0.5) is 11.5 Å². The predicted octanol–water partition coefficient (Wildman–Crippen LogP) is 4.04. The molecule has 0 saturated carbocycles. The van der Waals surface area contributed by atoms with Gasteiger partial charge in [0.2, 0.25) is 0 Å². The van der Waals surface area contributed by atoms with Crippen LogP contribution in [0.1, 0.15) is 15.9 Å². The van der Waals surface area contributed by atoms with Crippen LogP contribution in [-0.2, 0) is 11.2 Å². The molecule has 1 fully saturated rings. The molecule has 8 heteroatoms. The van der Waals surface area contributed by atoms with Crippen LogP contribution in [0.5, 0.6) is 5.75 Å². The van der Waals surface area contributed by atoms with E-state index in [1.165, 1.54) is 5.56 Å². The third-order valence-electron chi connectivity index (χ3n) is 6.08. The van der Waals surface area contributed by atoms with Crippen molar-refractivity contribution in [2.75, 3.05) is 38.7 Å². The van der Waals surface area contributed by atoms with Crippen molar-refractivity contribution in [2.45, 2.75) is 6.42 Å². The first-order chi connectivity index (χ1) is 16.7. The molecule has 1 aliphatic rings. The van der Waals surface area contributed by atoms with E-state index in [2.05, 4.69) is 26.6 Å².